The number of hydrogen-bond acceptors (Lipinski definition) is 1. The van der Waals surface area contributed by atoms with Crippen LogP contribution in [0.15, 0.2) is 109 Å². The number of ketones is 1. The fourth-order valence-corrected chi connectivity index (χ4v) is 3.91. The molecule has 0 aliphatic heterocycles. The topological polar surface area (TPSA) is 17.1 Å². The molecule has 0 bridgehead atoms. The van der Waals surface area contributed by atoms with E-state index in [0.717, 1.165) is 5.56 Å². The van der Waals surface area contributed by atoms with Crippen LogP contribution in [0.1, 0.15) is 27.0 Å². The van der Waals surface area contributed by atoms with Gasteiger partial charge in [-0.3, -0.25) is 4.79 Å². The van der Waals surface area contributed by atoms with E-state index in [9.17, 15) is 4.79 Å². The molecule has 142 valence electrons. The smallest absolute Gasteiger partial charge is 0.193 e. The van der Waals surface area contributed by atoms with Crippen molar-refractivity contribution in [3.8, 4) is 0 Å². The molecule has 5 rings (SSSR count). The largest absolute Gasteiger partial charge is 0.289 e. The van der Waals surface area contributed by atoms with Crippen LogP contribution in [0.3, 0.4) is 0 Å². The molecule has 0 radical (unpaired) electrons. The van der Waals surface area contributed by atoms with Crippen molar-refractivity contribution in [3.05, 3.63) is 131 Å². The Kier molecular flexibility index (Phi) is 4.71. The number of carbonyl (C=O) groups excluding carboxylic acids is 1. The molecule has 0 aromatic heterocycles. The Morgan fingerprint density at radius 2 is 1.07 bits per heavy atom. The predicted molar refractivity (Wildman–Crippen MR) is 127 cm³/mol. The van der Waals surface area contributed by atoms with Gasteiger partial charge in [0.2, 0.25) is 0 Å². The van der Waals surface area contributed by atoms with E-state index in [0.29, 0.717) is 11.1 Å². The zero-order valence-corrected chi connectivity index (χ0v) is 16.5. The minimum atomic E-state index is 0.0474. The monoisotopic (exact) mass is 384 g/mol. The number of fused-ring (bicyclic) bond motifs is 2. The first-order valence-electron chi connectivity index (χ1n) is 10.1. The lowest BCUT2D eigenvalue weighted by atomic mass is 9.96. The minimum Gasteiger partial charge on any atom is -0.289 e. The molecule has 0 heterocycles. The molecule has 0 atom stereocenters. The molecule has 0 saturated carbocycles. The molecule has 0 unspecified atom stereocenters. The summed E-state index contributed by atoms with van der Waals surface area (Å²) >= 11 is 0. The van der Waals surface area contributed by atoms with Gasteiger partial charge in [0.25, 0.3) is 0 Å². The van der Waals surface area contributed by atoms with Crippen molar-refractivity contribution in [2.75, 3.05) is 0 Å². The standard InChI is InChI=1S/C29H20O/c30-29(22-8-2-1-3-9-22)23-17-14-21(15-18-23)16-19-28-26-12-6-4-10-24(26)20-25-11-5-7-13-27(25)28/h1-20H/b19-16+. The highest BCUT2D eigenvalue weighted by atomic mass is 16.1. The maximum atomic E-state index is 12.6. The Bertz CT molecular complexity index is 1320. The van der Waals surface area contributed by atoms with Gasteiger partial charge in [-0.1, -0.05) is 115 Å². The molecule has 0 aliphatic rings. The molecule has 1 heteroatoms. The van der Waals surface area contributed by atoms with Crippen molar-refractivity contribution in [1.29, 1.82) is 0 Å². The van der Waals surface area contributed by atoms with Crippen LogP contribution >= 0.6 is 0 Å². The van der Waals surface area contributed by atoms with Crippen LogP contribution in [0.25, 0.3) is 33.7 Å². The fourth-order valence-electron chi connectivity index (χ4n) is 3.91. The van der Waals surface area contributed by atoms with Gasteiger partial charge in [0.1, 0.15) is 0 Å². The Balaban J connectivity index is 1.51. The quantitative estimate of drug-likeness (QED) is 0.179. The molecule has 5 aromatic rings. The Morgan fingerprint density at radius 1 is 0.533 bits per heavy atom. The van der Waals surface area contributed by atoms with E-state index >= 15 is 0 Å². The maximum absolute atomic E-state index is 12.6. The molecule has 0 amide bonds. The second-order valence-corrected chi connectivity index (χ2v) is 7.38. The van der Waals surface area contributed by atoms with E-state index in [2.05, 4.69) is 66.7 Å². The molecule has 0 fully saturated rings. The predicted octanol–water partition coefficient (Wildman–Crippen LogP) is 7.39. The molecule has 0 N–H and O–H groups in total. The maximum Gasteiger partial charge on any atom is 0.193 e. The van der Waals surface area contributed by atoms with Crippen molar-refractivity contribution in [2.45, 2.75) is 0 Å². The van der Waals surface area contributed by atoms with Gasteiger partial charge in [-0.2, -0.15) is 0 Å². The summed E-state index contributed by atoms with van der Waals surface area (Å²) < 4.78 is 0. The molecule has 5 aromatic carbocycles. The third kappa shape index (κ3) is 3.42. The van der Waals surface area contributed by atoms with E-state index in [1.807, 2.05) is 54.6 Å². The molecular formula is C29H20O. The SMILES string of the molecule is O=C(c1ccccc1)c1ccc(/C=C/c2c3ccccc3cc3ccccc23)cc1. The number of rotatable bonds is 4. The van der Waals surface area contributed by atoms with Gasteiger partial charge >= 0.3 is 0 Å². The summed E-state index contributed by atoms with van der Waals surface area (Å²) in [5.41, 5.74) is 3.70. The number of benzene rings is 5. The Hall–Kier alpha value is -3.97. The number of hydrogen-bond donors (Lipinski definition) is 0. The third-order valence-corrected chi connectivity index (χ3v) is 5.46. The van der Waals surface area contributed by atoms with E-state index in [1.54, 1.807) is 0 Å². The van der Waals surface area contributed by atoms with E-state index < -0.39 is 0 Å². The zero-order chi connectivity index (χ0) is 20.3. The lowest BCUT2D eigenvalue weighted by molar-refractivity contribution is 0.103. The van der Waals surface area contributed by atoms with Gasteiger partial charge in [-0.15, -0.1) is 0 Å². The fraction of sp³-hybridized carbons (Fsp3) is 0. The van der Waals surface area contributed by atoms with Crippen LogP contribution in [-0.4, -0.2) is 5.78 Å². The highest BCUT2D eigenvalue weighted by molar-refractivity contribution is 6.09. The Labute approximate surface area is 175 Å². The second-order valence-electron chi connectivity index (χ2n) is 7.38. The normalized spacial score (nSPS) is 11.3. The number of carbonyl (C=O) groups is 1. The van der Waals surface area contributed by atoms with Gasteiger partial charge in [0, 0.05) is 11.1 Å². The van der Waals surface area contributed by atoms with Crippen molar-refractivity contribution in [2.24, 2.45) is 0 Å². The van der Waals surface area contributed by atoms with Gasteiger partial charge in [0.05, 0.1) is 0 Å². The summed E-state index contributed by atoms with van der Waals surface area (Å²) in [5, 5.41) is 4.95. The summed E-state index contributed by atoms with van der Waals surface area (Å²) in [5.74, 6) is 0.0474. The minimum absolute atomic E-state index is 0.0474. The molecule has 0 aliphatic carbocycles. The van der Waals surface area contributed by atoms with Crippen LogP contribution in [0, 0.1) is 0 Å². The summed E-state index contributed by atoms with van der Waals surface area (Å²) in [6, 6.07) is 36.4. The van der Waals surface area contributed by atoms with Crippen molar-refractivity contribution >= 4 is 39.5 Å². The lowest BCUT2D eigenvalue weighted by Gasteiger charge is -2.08. The Morgan fingerprint density at radius 3 is 1.70 bits per heavy atom. The van der Waals surface area contributed by atoms with Gasteiger partial charge < -0.3 is 0 Å². The van der Waals surface area contributed by atoms with E-state index in [1.165, 1.54) is 27.1 Å². The summed E-state index contributed by atoms with van der Waals surface area (Å²) in [6.07, 6.45) is 4.30. The highest BCUT2D eigenvalue weighted by Crippen LogP contribution is 2.30. The third-order valence-electron chi connectivity index (χ3n) is 5.46. The van der Waals surface area contributed by atoms with Crippen molar-refractivity contribution in [3.63, 3.8) is 0 Å². The van der Waals surface area contributed by atoms with Crippen LogP contribution in [0.5, 0.6) is 0 Å². The van der Waals surface area contributed by atoms with Crippen LogP contribution < -0.4 is 0 Å². The van der Waals surface area contributed by atoms with Crippen LogP contribution in [0.4, 0.5) is 0 Å². The first-order valence-corrected chi connectivity index (χ1v) is 10.1. The summed E-state index contributed by atoms with van der Waals surface area (Å²) in [6.45, 7) is 0. The first-order chi connectivity index (χ1) is 14.8. The van der Waals surface area contributed by atoms with E-state index in [-0.39, 0.29) is 5.78 Å². The van der Waals surface area contributed by atoms with Crippen LogP contribution in [-0.2, 0) is 0 Å². The molecular weight excluding hydrogens is 364 g/mol. The zero-order valence-electron chi connectivity index (χ0n) is 16.5. The van der Waals surface area contributed by atoms with Gasteiger partial charge in [0.15, 0.2) is 5.78 Å². The lowest BCUT2D eigenvalue weighted by Crippen LogP contribution is -2.00. The molecule has 1 nitrogen and oxygen atoms in total. The first kappa shape index (κ1) is 18.1. The molecule has 0 saturated heterocycles. The van der Waals surface area contributed by atoms with Gasteiger partial charge in [-0.25, -0.2) is 0 Å². The molecule has 30 heavy (non-hydrogen) atoms. The summed E-state index contributed by atoms with van der Waals surface area (Å²) in [4.78, 5) is 12.6. The van der Waals surface area contributed by atoms with Gasteiger partial charge in [-0.05, 0) is 38.7 Å². The highest BCUT2D eigenvalue weighted by Gasteiger charge is 2.08. The van der Waals surface area contributed by atoms with Crippen molar-refractivity contribution < 1.29 is 4.79 Å². The van der Waals surface area contributed by atoms with Crippen molar-refractivity contribution in [1.82, 2.24) is 0 Å². The average molecular weight is 384 g/mol. The van der Waals surface area contributed by atoms with E-state index in [4.69, 9.17) is 0 Å². The average Bonchev–Trinajstić information content (AvgIpc) is 2.82. The molecule has 0 spiro atoms. The van der Waals surface area contributed by atoms with Crippen LogP contribution in [0.2, 0.25) is 0 Å². The summed E-state index contributed by atoms with van der Waals surface area (Å²) in [7, 11) is 0. The second kappa shape index (κ2) is 7.81.